The van der Waals surface area contributed by atoms with Crippen LogP contribution >= 0.6 is 45.3 Å². The standard InChI is InChI=1S/C111H65N3OS4/c1-111(2)93-21-8-3-14-75(93)89-56-65(34-52-94(89)111)62-26-38-73(39-27-62)114-97-61-70(67-36-54-102-91(58-67)87-50-47-82-76-15-4-9-22-95(76)112(104(82)109(87)118-102)71-42-30-64(31-43-71)74-19-13-20-85-80-17-6-11-24-100(80)116-107(74)85)33-45-78(97)84-48-51-88-92-59-68(37-55-103(92)119-110(88)106(84)114)69-32-44-77-83-46-49-86-81-18-7-12-25-101(81)117-108(86)105(83)113(96(77)60-69)72-40-28-63(29-41-72)66-35-53-99-90(57-66)79-16-5-10-23-98(79)115-99/h3-61H,1-2H3. The normalized spacial score (nSPS) is 13.0. The van der Waals surface area contributed by atoms with Gasteiger partial charge in [0.25, 0.3) is 0 Å². The summed E-state index contributed by atoms with van der Waals surface area (Å²) in [6.07, 6.45) is 0. The van der Waals surface area contributed by atoms with Crippen LogP contribution in [0.15, 0.2) is 362 Å². The van der Waals surface area contributed by atoms with Crippen LogP contribution in [0, 0.1) is 0 Å². The fourth-order valence-corrected chi connectivity index (χ4v) is 25.5. The lowest BCUT2D eigenvalue weighted by Gasteiger charge is -2.21. The summed E-state index contributed by atoms with van der Waals surface area (Å²) in [4.78, 5) is 0. The fraction of sp³-hybridized carbons (Fsp3) is 0.0270. The lowest BCUT2D eigenvalue weighted by molar-refractivity contribution is 0.660. The van der Waals surface area contributed by atoms with Crippen molar-refractivity contribution < 1.29 is 4.42 Å². The smallest absolute Gasteiger partial charge is 0.135 e. The Labute approximate surface area is 698 Å². The van der Waals surface area contributed by atoms with E-state index < -0.39 is 0 Å². The molecule has 0 aliphatic heterocycles. The minimum absolute atomic E-state index is 0.0652. The van der Waals surface area contributed by atoms with E-state index in [0.717, 1.165) is 50.1 Å². The molecule has 18 aromatic carbocycles. The Bertz CT molecular complexity index is 8950. The molecule has 554 valence electrons. The Morgan fingerprint density at radius 1 is 0.210 bits per heavy atom. The number of fused-ring (bicyclic) bond motifs is 30. The van der Waals surface area contributed by atoms with Gasteiger partial charge in [0.2, 0.25) is 0 Å². The second-order valence-corrected chi connectivity index (χ2v) is 37.1. The lowest BCUT2D eigenvalue weighted by atomic mass is 9.82. The third-order valence-corrected chi connectivity index (χ3v) is 31.1. The number of hydrogen-bond donors (Lipinski definition) is 0. The number of nitrogens with zero attached hydrogens (tertiary/aromatic N) is 3. The Hall–Kier alpha value is -14.0. The van der Waals surface area contributed by atoms with E-state index in [1.54, 1.807) is 0 Å². The fourth-order valence-electron chi connectivity index (χ4n) is 20.6. The van der Waals surface area contributed by atoms with Crippen molar-refractivity contribution in [2.75, 3.05) is 0 Å². The van der Waals surface area contributed by atoms with Gasteiger partial charge < -0.3 is 18.1 Å². The average Bonchev–Trinajstić information content (AvgIpc) is 1.57. The zero-order valence-electron chi connectivity index (χ0n) is 64.4. The van der Waals surface area contributed by atoms with Crippen molar-refractivity contribution in [1.29, 1.82) is 0 Å². The molecule has 0 saturated heterocycles. The maximum Gasteiger partial charge on any atom is 0.135 e. The summed E-state index contributed by atoms with van der Waals surface area (Å²) in [6, 6.07) is 135. The van der Waals surface area contributed by atoms with Crippen LogP contribution in [0.3, 0.4) is 0 Å². The average molecular weight is 1590 g/mol. The molecule has 8 heteroatoms. The van der Waals surface area contributed by atoms with Gasteiger partial charge in [0.1, 0.15) is 11.2 Å². The molecule has 4 nitrogen and oxygen atoms in total. The van der Waals surface area contributed by atoms with E-state index in [1.807, 2.05) is 51.4 Å². The molecule has 0 amide bonds. The molecule has 0 unspecified atom stereocenters. The molecular formula is C111H65N3OS4. The maximum absolute atomic E-state index is 6.27. The quantitative estimate of drug-likeness (QED) is 0.149. The highest BCUT2D eigenvalue weighted by molar-refractivity contribution is 7.28. The molecule has 119 heavy (non-hydrogen) atoms. The Balaban J connectivity index is 0.603. The number of aromatic nitrogens is 3. The minimum atomic E-state index is -0.0652. The van der Waals surface area contributed by atoms with E-state index in [1.165, 1.54) is 213 Å². The molecular weight excluding hydrogens is 1520 g/mol. The Morgan fingerprint density at radius 3 is 1.17 bits per heavy atom. The number of para-hydroxylation sites is 2. The Kier molecular flexibility index (Phi) is 13.7. The van der Waals surface area contributed by atoms with Crippen molar-refractivity contribution in [3.05, 3.63) is 369 Å². The van der Waals surface area contributed by atoms with Gasteiger partial charge in [-0.1, -0.05) is 257 Å². The molecule has 0 radical (unpaired) electrons. The monoisotopic (exact) mass is 1580 g/mol. The van der Waals surface area contributed by atoms with Crippen LogP contribution in [0.1, 0.15) is 25.0 Å². The summed E-state index contributed by atoms with van der Waals surface area (Å²) >= 11 is 7.60. The van der Waals surface area contributed by atoms with Gasteiger partial charge in [-0.3, -0.25) is 0 Å². The van der Waals surface area contributed by atoms with Gasteiger partial charge in [0.05, 0.1) is 47.2 Å². The van der Waals surface area contributed by atoms with Crippen LogP contribution in [0.2, 0.25) is 0 Å². The van der Waals surface area contributed by atoms with Gasteiger partial charge in [0, 0.05) is 132 Å². The molecule has 26 aromatic rings. The number of thiophene rings is 4. The van der Waals surface area contributed by atoms with Crippen LogP contribution in [0.25, 0.3) is 252 Å². The molecule has 0 saturated carbocycles. The zero-order chi connectivity index (χ0) is 77.8. The van der Waals surface area contributed by atoms with Crippen LogP contribution < -0.4 is 0 Å². The van der Waals surface area contributed by atoms with E-state index >= 15 is 0 Å². The zero-order valence-corrected chi connectivity index (χ0v) is 67.7. The molecule has 0 spiro atoms. The first-order valence-electron chi connectivity index (χ1n) is 40.8. The van der Waals surface area contributed by atoms with Gasteiger partial charge in [0.15, 0.2) is 0 Å². The molecule has 0 atom stereocenters. The molecule has 0 fully saturated rings. The first-order chi connectivity index (χ1) is 58.7. The topological polar surface area (TPSA) is 27.9 Å². The van der Waals surface area contributed by atoms with E-state index in [2.05, 4.69) is 379 Å². The third kappa shape index (κ3) is 9.48. The Morgan fingerprint density at radius 2 is 0.571 bits per heavy atom. The summed E-state index contributed by atoms with van der Waals surface area (Å²) in [6.45, 7) is 4.72. The second kappa shape index (κ2) is 24.6. The van der Waals surface area contributed by atoms with Gasteiger partial charge in [-0.25, -0.2) is 0 Å². The molecule has 0 bridgehead atoms. The van der Waals surface area contributed by atoms with Crippen LogP contribution in [-0.4, -0.2) is 13.7 Å². The second-order valence-electron chi connectivity index (χ2n) is 32.9. The van der Waals surface area contributed by atoms with E-state index in [9.17, 15) is 0 Å². The van der Waals surface area contributed by atoms with E-state index in [4.69, 9.17) is 4.42 Å². The van der Waals surface area contributed by atoms with Gasteiger partial charge >= 0.3 is 0 Å². The van der Waals surface area contributed by atoms with Gasteiger partial charge in [-0.2, -0.15) is 0 Å². The summed E-state index contributed by atoms with van der Waals surface area (Å²) in [5, 5.41) is 20.0. The first-order valence-corrected chi connectivity index (χ1v) is 44.1. The molecule has 0 N–H and O–H groups in total. The van der Waals surface area contributed by atoms with E-state index in [-0.39, 0.29) is 5.41 Å². The SMILES string of the molecule is CC1(C)c2ccccc2-c2cc(-c3ccc(-n4c5cc(-c6ccc7sc8c(ccc9c%10ccccc%10n(-c%10ccc(-c%11cccc%12c%11sc%11ccccc%11%12)cc%10)c98)c7c6)ccc5c5ccc6c7cc(-c8ccc9c%10ccc%11c%12ccccc%12sc%11c%10n(-c%10ccc(-c%11ccc%12oc%13ccccc%13c%12c%11)cc%10)c9c8)ccc7sc6c54)cc3)ccc21. The summed E-state index contributed by atoms with van der Waals surface area (Å²) in [5.74, 6) is 0. The highest BCUT2D eigenvalue weighted by Gasteiger charge is 2.35. The van der Waals surface area contributed by atoms with E-state index in [0.29, 0.717) is 0 Å². The molecule has 1 aliphatic rings. The minimum Gasteiger partial charge on any atom is -0.456 e. The van der Waals surface area contributed by atoms with Crippen molar-refractivity contribution in [2.45, 2.75) is 19.3 Å². The summed E-state index contributed by atoms with van der Waals surface area (Å²) in [7, 11) is 0. The summed E-state index contributed by atoms with van der Waals surface area (Å²) in [5.41, 5.74) is 29.8. The van der Waals surface area contributed by atoms with Crippen LogP contribution in [0.4, 0.5) is 0 Å². The molecule has 1 aliphatic carbocycles. The summed E-state index contributed by atoms with van der Waals surface area (Å²) < 4.78 is 24.2. The predicted octanol–water partition coefficient (Wildman–Crippen LogP) is 33.0. The predicted molar refractivity (Wildman–Crippen MR) is 513 cm³/mol. The first kappa shape index (κ1) is 66.2. The van der Waals surface area contributed by atoms with Crippen molar-refractivity contribution in [2.24, 2.45) is 0 Å². The highest BCUT2D eigenvalue weighted by Crippen LogP contribution is 2.53. The molecule has 8 aromatic heterocycles. The van der Waals surface area contributed by atoms with Gasteiger partial charge in [-0.05, 0) is 193 Å². The number of benzene rings is 18. The van der Waals surface area contributed by atoms with Crippen molar-refractivity contribution >= 4 is 213 Å². The van der Waals surface area contributed by atoms with Crippen LogP contribution in [0.5, 0.6) is 0 Å². The third-order valence-electron chi connectivity index (χ3n) is 26.3. The van der Waals surface area contributed by atoms with Crippen LogP contribution in [-0.2, 0) is 5.41 Å². The molecule has 8 heterocycles. The lowest BCUT2D eigenvalue weighted by Crippen LogP contribution is -2.14. The van der Waals surface area contributed by atoms with Gasteiger partial charge in [-0.15, -0.1) is 45.3 Å². The maximum atomic E-state index is 6.27. The number of hydrogen-bond acceptors (Lipinski definition) is 5. The molecule has 27 rings (SSSR count). The van der Waals surface area contributed by atoms with Crippen molar-refractivity contribution in [1.82, 2.24) is 13.7 Å². The van der Waals surface area contributed by atoms with Crippen molar-refractivity contribution in [3.8, 4) is 83.8 Å². The highest BCUT2D eigenvalue weighted by atomic mass is 32.1. The number of rotatable bonds is 8. The van der Waals surface area contributed by atoms with Crippen molar-refractivity contribution in [3.63, 3.8) is 0 Å². The largest absolute Gasteiger partial charge is 0.456 e. The number of furan rings is 1.